The Morgan fingerprint density at radius 3 is 2.13 bits per heavy atom. The lowest BCUT2D eigenvalue weighted by Gasteiger charge is -2.12. The van der Waals surface area contributed by atoms with Crippen LogP contribution in [0.15, 0.2) is 207 Å². The van der Waals surface area contributed by atoms with Crippen LogP contribution >= 0.6 is 0 Å². The van der Waals surface area contributed by atoms with Gasteiger partial charge in [-0.3, -0.25) is 4.99 Å². The average Bonchev–Trinajstić information content (AvgIpc) is 4.00. The fourth-order valence-corrected chi connectivity index (χ4v) is 9.11. The van der Waals surface area contributed by atoms with Crippen LogP contribution in [-0.2, 0) is 6.54 Å². The van der Waals surface area contributed by atoms with E-state index in [0.717, 1.165) is 99.7 Å². The van der Waals surface area contributed by atoms with Gasteiger partial charge in [-0.2, -0.15) is 0 Å². The highest BCUT2D eigenvalue weighted by Crippen LogP contribution is 2.42. The van der Waals surface area contributed by atoms with Crippen LogP contribution in [0.5, 0.6) is 0 Å². The highest BCUT2D eigenvalue weighted by molar-refractivity contribution is 6.17. The number of aliphatic imine (C=N–C) groups is 2. The first-order valence-corrected chi connectivity index (χ1v) is 21.3. The van der Waals surface area contributed by atoms with E-state index in [0.29, 0.717) is 18.2 Å². The van der Waals surface area contributed by atoms with Crippen LogP contribution in [0, 0.1) is 6.92 Å². The van der Waals surface area contributed by atoms with Gasteiger partial charge in [0.25, 0.3) is 0 Å². The Kier molecular flexibility index (Phi) is 9.39. The fraction of sp³-hybridized carbons (Fsp3) is 0.0526. The molecule has 0 fully saturated rings. The normalized spacial score (nSPS) is 12.5. The van der Waals surface area contributed by atoms with Crippen LogP contribution in [0.25, 0.3) is 88.8 Å². The Morgan fingerprint density at radius 1 is 0.587 bits per heavy atom. The van der Waals surface area contributed by atoms with Gasteiger partial charge in [-0.05, 0) is 90.2 Å². The first-order valence-electron chi connectivity index (χ1n) is 21.3. The van der Waals surface area contributed by atoms with Crippen molar-refractivity contribution in [3.05, 3.63) is 216 Å². The minimum atomic E-state index is 0.364. The molecule has 0 aliphatic heterocycles. The molecule has 0 aliphatic rings. The topological polar surface area (TPSA) is 82.0 Å². The molecule has 11 rings (SSSR count). The quantitative estimate of drug-likeness (QED) is 0.122. The van der Waals surface area contributed by atoms with Crippen molar-refractivity contribution >= 4 is 72.5 Å². The van der Waals surface area contributed by atoms with Crippen molar-refractivity contribution in [3.63, 3.8) is 0 Å². The van der Waals surface area contributed by atoms with Gasteiger partial charge in [0, 0.05) is 55.0 Å². The van der Waals surface area contributed by atoms with Crippen molar-refractivity contribution in [1.29, 1.82) is 0 Å². The first kappa shape index (κ1) is 37.8. The van der Waals surface area contributed by atoms with Gasteiger partial charge in [-0.15, -0.1) is 0 Å². The van der Waals surface area contributed by atoms with Gasteiger partial charge in [0.2, 0.25) is 0 Å². The third-order valence-corrected chi connectivity index (χ3v) is 12.1. The van der Waals surface area contributed by atoms with Crippen LogP contribution in [0.1, 0.15) is 34.9 Å². The first-order chi connectivity index (χ1) is 31.0. The molecule has 0 spiro atoms. The maximum atomic E-state index is 6.91. The Morgan fingerprint density at radius 2 is 1.29 bits per heavy atom. The zero-order valence-electron chi connectivity index (χ0n) is 34.9. The lowest BCUT2D eigenvalue weighted by Crippen LogP contribution is -2.17. The summed E-state index contributed by atoms with van der Waals surface area (Å²) in [5, 5.41) is 5.44. The van der Waals surface area contributed by atoms with Crippen molar-refractivity contribution in [2.45, 2.75) is 20.4 Å². The standard InChI is InChI=1S/C57H42N4O2/c1-3-16-48-36(2)43-24-10-11-28-49(43)61(48)42-23-12-21-40(33-42)56(58)60-57(38-19-8-5-9-20-38)59-35-41-22-13-29-51-53(41)47-34-39(31-32-50(47)62-51)44-25-15-30-52-54(44)46-27-14-26-45(55(46)63-52)37-17-6-4-7-18-37/h3-34H,35H2,1-2H3,(H2,58,59,60)/b16-3-. The SMILES string of the molecule is C/C=C\c1c(C)c2ccccc2n1-c1cccc(C(N)=NC(=NCc2cccc3oc4ccc(-c5cccc6oc7c(-c8ccccc8)cccc7c56)cc4c23)c2ccccc2)c1. The number of hydrogen-bond acceptors (Lipinski definition) is 3. The lowest BCUT2D eigenvalue weighted by atomic mass is 9.96. The average molecular weight is 815 g/mol. The molecule has 0 aliphatic carbocycles. The largest absolute Gasteiger partial charge is 0.456 e. The molecule has 0 bridgehead atoms. The molecular formula is C57H42N4O2. The summed E-state index contributed by atoms with van der Waals surface area (Å²) in [5.74, 6) is 0.933. The number of hydrogen-bond donors (Lipinski definition) is 1. The van der Waals surface area contributed by atoms with Crippen LogP contribution in [-0.4, -0.2) is 16.2 Å². The molecule has 0 amide bonds. The van der Waals surface area contributed by atoms with Gasteiger partial charge in [0.15, 0.2) is 5.84 Å². The predicted octanol–water partition coefficient (Wildman–Crippen LogP) is 14.5. The van der Waals surface area contributed by atoms with E-state index in [9.17, 15) is 0 Å². The van der Waals surface area contributed by atoms with Gasteiger partial charge < -0.3 is 19.1 Å². The number of rotatable bonds is 8. The Hall–Kier alpha value is -8.22. The number of benzene rings is 8. The Labute approximate surface area is 364 Å². The summed E-state index contributed by atoms with van der Waals surface area (Å²) in [6.07, 6.45) is 4.24. The van der Waals surface area contributed by atoms with Crippen molar-refractivity contribution in [1.82, 2.24) is 4.57 Å². The third kappa shape index (κ3) is 6.60. The predicted molar refractivity (Wildman–Crippen MR) is 262 cm³/mol. The zero-order valence-corrected chi connectivity index (χ0v) is 34.9. The van der Waals surface area contributed by atoms with E-state index in [4.69, 9.17) is 24.6 Å². The number of nitrogens with two attached hydrogens (primary N) is 1. The number of allylic oxidation sites excluding steroid dienone is 1. The highest BCUT2D eigenvalue weighted by Gasteiger charge is 2.19. The molecule has 0 atom stereocenters. The second-order valence-electron chi connectivity index (χ2n) is 15.8. The summed E-state index contributed by atoms with van der Waals surface area (Å²) in [4.78, 5) is 10.2. The van der Waals surface area contributed by atoms with E-state index in [1.54, 1.807) is 0 Å². The van der Waals surface area contributed by atoms with Crippen LogP contribution in [0.2, 0.25) is 0 Å². The van der Waals surface area contributed by atoms with Gasteiger partial charge in [-0.25, -0.2) is 4.99 Å². The second-order valence-corrected chi connectivity index (χ2v) is 15.8. The molecule has 63 heavy (non-hydrogen) atoms. The Bertz CT molecular complexity index is 3620. The maximum absolute atomic E-state index is 6.91. The lowest BCUT2D eigenvalue weighted by molar-refractivity contribution is 0.668. The second kappa shape index (κ2) is 15.7. The Balaban J connectivity index is 0.991. The third-order valence-electron chi connectivity index (χ3n) is 12.1. The summed E-state index contributed by atoms with van der Waals surface area (Å²) in [5.41, 5.74) is 21.9. The number of para-hydroxylation sites is 2. The van der Waals surface area contributed by atoms with E-state index in [1.165, 1.54) is 10.9 Å². The van der Waals surface area contributed by atoms with Gasteiger partial charge >= 0.3 is 0 Å². The molecule has 0 saturated heterocycles. The fourth-order valence-electron chi connectivity index (χ4n) is 9.11. The highest BCUT2D eigenvalue weighted by atomic mass is 16.3. The summed E-state index contributed by atoms with van der Waals surface area (Å²) >= 11 is 0. The van der Waals surface area contributed by atoms with Gasteiger partial charge in [0.1, 0.15) is 28.2 Å². The minimum Gasteiger partial charge on any atom is -0.456 e. The number of amidine groups is 2. The molecular weight excluding hydrogens is 773 g/mol. The molecule has 3 heterocycles. The molecule has 6 nitrogen and oxygen atoms in total. The van der Waals surface area contributed by atoms with E-state index in [1.807, 2.05) is 67.6 Å². The van der Waals surface area contributed by atoms with E-state index < -0.39 is 0 Å². The number of nitrogens with zero attached hydrogens (tertiary/aromatic N) is 3. The summed E-state index contributed by atoms with van der Waals surface area (Å²) in [6, 6.07) is 62.5. The van der Waals surface area contributed by atoms with Crippen LogP contribution in [0.4, 0.5) is 0 Å². The van der Waals surface area contributed by atoms with Crippen LogP contribution < -0.4 is 5.73 Å². The maximum Gasteiger partial charge on any atom is 0.157 e. The van der Waals surface area contributed by atoms with Crippen molar-refractivity contribution in [2.24, 2.45) is 15.7 Å². The molecule has 8 aromatic carbocycles. The molecule has 6 heteroatoms. The van der Waals surface area contributed by atoms with E-state index in [-0.39, 0.29) is 0 Å². The summed E-state index contributed by atoms with van der Waals surface area (Å²) in [6.45, 7) is 4.58. The van der Waals surface area contributed by atoms with Crippen molar-refractivity contribution in [3.8, 4) is 27.9 Å². The number of fused-ring (bicyclic) bond motifs is 7. The molecule has 2 N–H and O–H groups in total. The molecule has 11 aromatic rings. The monoisotopic (exact) mass is 814 g/mol. The molecule has 0 unspecified atom stereocenters. The van der Waals surface area contributed by atoms with Crippen LogP contribution in [0.3, 0.4) is 0 Å². The zero-order chi connectivity index (χ0) is 42.4. The van der Waals surface area contributed by atoms with E-state index in [2.05, 4.69) is 145 Å². The number of furan rings is 2. The molecule has 0 saturated carbocycles. The molecule has 0 radical (unpaired) electrons. The summed E-state index contributed by atoms with van der Waals surface area (Å²) < 4.78 is 15.4. The van der Waals surface area contributed by atoms with Crippen molar-refractivity contribution < 1.29 is 8.83 Å². The van der Waals surface area contributed by atoms with E-state index >= 15 is 0 Å². The molecule has 302 valence electrons. The summed E-state index contributed by atoms with van der Waals surface area (Å²) in [7, 11) is 0. The van der Waals surface area contributed by atoms with Gasteiger partial charge in [-0.1, -0.05) is 146 Å². The minimum absolute atomic E-state index is 0.364. The molecule has 3 aromatic heterocycles. The number of aromatic nitrogens is 1. The smallest absolute Gasteiger partial charge is 0.157 e. The van der Waals surface area contributed by atoms with Gasteiger partial charge in [0.05, 0.1) is 12.1 Å². The number of aryl methyl sites for hydroxylation is 1. The van der Waals surface area contributed by atoms with Crippen molar-refractivity contribution in [2.75, 3.05) is 0 Å².